The van der Waals surface area contributed by atoms with Gasteiger partial charge in [-0.25, -0.2) is 4.98 Å². The van der Waals surface area contributed by atoms with Crippen LogP contribution >= 0.6 is 0 Å². The Labute approximate surface area is 128 Å². The third-order valence-electron chi connectivity index (χ3n) is 4.18. The first kappa shape index (κ1) is 16.1. The van der Waals surface area contributed by atoms with Gasteiger partial charge in [0.1, 0.15) is 0 Å². The Kier molecular flexibility index (Phi) is 5.09. The summed E-state index contributed by atoms with van der Waals surface area (Å²) >= 11 is 0. The molecule has 0 aromatic carbocycles. The lowest BCUT2D eigenvalue weighted by molar-refractivity contribution is -0.108. The fraction of sp³-hybridized carbons (Fsp3) is 0.706. The first-order valence-corrected chi connectivity index (χ1v) is 7.90. The van der Waals surface area contributed by atoms with E-state index in [4.69, 9.17) is 9.47 Å². The summed E-state index contributed by atoms with van der Waals surface area (Å²) in [6.07, 6.45) is 3.23. The monoisotopic (exact) mass is 292 g/mol. The van der Waals surface area contributed by atoms with Gasteiger partial charge in [-0.3, -0.25) is 0 Å². The fourth-order valence-electron chi connectivity index (χ4n) is 2.62. The van der Waals surface area contributed by atoms with E-state index in [-0.39, 0.29) is 5.41 Å². The van der Waals surface area contributed by atoms with Crippen molar-refractivity contribution in [3.05, 3.63) is 18.3 Å². The molecule has 1 aliphatic rings. The predicted molar refractivity (Wildman–Crippen MR) is 85.8 cm³/mol. The van der Waals surface area contributed by atoms with E-state index in [2.05, 4.69) is 38.0 Å². The summed E-state index contributed by atoms with van der Waals surface area (Å²) < 4.78 is 11.4. The van der Waals surface area contributed by atoms with E-state index >= 15 is 0 Å². The average Bonchev–Trinajstić information content (AvgIpc) is 2.43. The smallest absolute Gasteiger partial charge is 0.213 e. The van der Waals surface area contributed by atoms with E-state index in [0.717, 1.165) is 18.7 Å². The van der Waals surface area contributed by atoms with Crippen LogP contribution in [0.15, 0.2) is 18.3 Å². The molecule has 2 unspecified atom stereocenters. The molecule has 1 aromatic rings. The summed E-state index contributed by atoms with van der Waals surface area (Å²) in [5.74, 6) is 1.26. The maximum absolute atomic E-state index is 6.00. The first-order valence-electron chi connectivity index (χ1n) is 7.90. The zero-order valence-corrected chi connectivity index (χ0v) is 13.8. The molecular weight excluding hydrogens is 264 g/mol. The number of anilines is 1. The van der Waals surface area contributed by atoms with E-state index in [1.807, 2.05) is 25.3 Å². The SMILES string of the molecule is CCOc1ccc(NC2CC(OCC(C)C)C2(C)C)cn1. The van der Waals surface area contributed by atoms with Crippen LogP contribution < -0.4 is 10.1 Å². The van der Waals surface area contributed by atoms with Crippen LogP contribution in [0.4, 0.5) is 5.69 Å². The molecule has 0 saturated heterocycles. The molecule has 0 amide bonds. The number of hydrogen-bond donors (Lipinski definition) is 1. The molecule has 2 atom stereocenters. The van der Waals surface area contributed by atoms with Gasteiger partial charge in [-0.05, 0) is 25.3 Å². The molecule has 0 radical (unpaired) electrons. The highest BCUT2D eigenvalue weighted by atomic mass is 16.5. The molecule has 1 saturated carbocycles. The standard InChI is InChI=1S/C17H28N2O2/c1-6-20-16-8-7-13(10-18-16)19-14-9-15(17(14,4)5)21-11-12(2)3/h7-8,10,12,14-15,19H,6,9,11H2,1-5H3. The molecule has 1 heterocycles. The van der Waals surface area contributed by atoms with E-state index in [0.29, 0.717) is 30.6 Å². The van der Waals surface area contributed by atoms with Crippen molar-refractivity contribution in [2.45, 2.75) is 53.2 Å². The third kappa shape index (κ3) is 3.88. The number of nitrogens with zero attached hydrogens (tertiary/aromatic N) is 1. The molecule has 0 spiro atoms. The van der Waals surface area contributed by atoms with Crippen LogP contribution in [-0.2, 0) is 4.74 Å². The zero-order valence-electron chi connectivity index (χ0n) is 13.8. The molecule has 4 heteroatoms. The van der Waals surface area contributed by atoms with Gasteiger partial charge in [0.25, 0.3) is 0 Å². The van der Waals surface area contributed by atoms with Gasteiger partial charge in [-0.2, -0.15) is 0 Å². The van der Waals surface area contributed by atoms with Crippen molar-refractivity contribution in [3.63, 3.8) is 0 Å². The van der Waals surface area contributed by atoms with Crippen molar-refractivity contribution in [2.24, 2.45) is 11.3 Å². The van der Waals surface area contributed by atoms with Crippen LogP contribution in [0, 0.1) is 11.3 Å². The van der Waals surface area contributed by atoms with Crippen LogP contribution in [-0.4, -0.2) is 30.3 Å². The van der Waals surface area contributed by atoms with E-state index in [1.54, 1.807) is 0 Å². The summed E-state index contributed by atoms with van der Waals surface area (Å²) in [5.41, 5.74) is 1.19. The summed E-state index contributed by atoms with van der Waals surface area (Å²) in [4.78, 5) is 4.29. The van der Waals surface area contributed by atoms with Crippen molar-refractivity contribution in [1.82, 2.24) is 4.98 Å². The van der Waals surface area contributed by atoms with Crippen LogP contribution in [0.2, 0.25) is 0 Å². The summed E-state index contributed by atoms with van der Waals surface area (Å²) in [5, 5.41) is 3.56. The third-order valence-corrected chi connectivity index (χ3v) is 4.18. The van der Waals surface area contributed by atoms with Crippen LogP contribution in [0.3, 0.4) is 0 Å². The average molecular weight is 292 g/mol. The Morgan fingerprint density at radius 2 is 2.14 bits per heavy atom. The topological polar surface area (TPSA) is 43.4 Å². The van der Waals surface area contributed by atoms with Crippen molar-refractivity contribution in [1.29, 1.82) is 0 Å². The number of aromatic nitrogens is 1. The van der Waals surface area contributed by atoms with Gasteiger partial charge in [-0.1, -0.05) is 27.7 Å². The Bertz CT molecular complexity index is 443. The molecule has 1 N–H and O–H groups in total. The highest BCUT2D eigenvalue weighted by Gasteiger charge is 2.49. The highest BCUT2D eigenvalue weighted by molar-refractivity contribution is 5.44. The summed E-state index contributed by atoms with van der Waals surface area (Å²) in [7, 11) is 0. The van der Waals surface area contributed by atoms with E-state index in [9.17, 15) is 0 Å². The lowest BCUT2D eigenvalue weighted by Crippen LogP contribution is -2.58. The molecule has 21 heavy (non-hydrogen) atoms. The van der Waals surface area contributed by atoms with Crippen molar-refractivity contribution in [3.8, 4) is 5.88 Å². The maximum atomic E-state index is 6.00. The molecular formula is C17H28N2O2. The Hall–Kier alpha value is -1.29. The Balaban J connectivity index is 1.86. The zero-order chi connectivity index (χ0) is 15.5. The van der Waals surface area contributed by atoms with Gasteiger partial charge < -0.3 is 14.8 Å². The Morgan fingerprint density at radius 3 is 2.67 bits per heavy atom. The van der Waals surface area contributed by atoms with Crippen LogP contribution in [0.5, 0.6) is 5.88 Å². The second kappa shape index (κ2) is 6.65. The molecule has 1 fully saturated rings. The molecule has 2 rings (SSSR count). The maximum Gasteiger partial charge on any atom is 0.213 e. The van der Waals surface area contributed by atoms with Crippen molar-refractivity contribution < 1.29 is 9.47 Å². The molecule has 0 bridgehead atoms. The minimum Gasteiger partial charge on any atom is -0.478 e. The minimum absolute atomic E-state index is 0.146. The number of nitrogens with one attached hydrogen (secondary N) is 1. The molecule has 118 valence electrons. The molecule has 1 aromatic heterocycles. The van der Waals surface area contributed by atoms with Gasteiger partial charge in [0.05, 0.1) is 24.6 Å². The number of hydrogen-bond acceptors (Lipinski definition) is 4. The second-order valence-corrected chi connectivity index (χ2v) is 6.79. The molecule has 0 aliphatic heterocycles. The van der Waals surface area contributed by atoms with Crippen molar-refractivity contribution >= 4 is 5.69 Å². The highest BCUT2D eigenvalue weighted by Crippen LogP contribution is 2.44. The summed E-state index contributed by atoms with van der Waals surface area (Å²) in [6, 6.07) is 4.36. The number of rotatable bonds is 7. The number of ether oxygens (including phenoxy) is 2. The van der Waals surface area contributed by atoms with E-state index in [1.165, 1.54) is 0 Å². The second-order valence-electron chi connectivity index (χ2n) is 6.79. The van der Waals surface area contributed by atoms with Gasteiger partial charge in [0, 0.05) is 24.1 Å². The largest absolute Gasteiger partial charge is 0.478 e. The quantitative estimate of drug-likeness (QED) is 0.831. The first-order chi connectivity index (χ1) is 9.93. The van der Waals surface area contributed by atoms with Gasteiger partial charge in [-0.15, -0.1) is 0 Å². The van der Waals surface area contributed by atoms with Crippen LogP contribution in [0.1, 0.15) is 41.0 Å². The van der Waals surface area contributed by atoms with E-state index < -0.39 is 0 Å². The lowest BCUT2D eigenvalue weighted by atomic mass is 9.64. The minimum atomic E-state index is 0.146. The summed E-state index contributed by atoms with van der Waals surface area (Å²) in [6.45, 7) is 12.3. The Morgan fingerprint density at radius 1 is 1.38 bits per heavy atom. The molecule has 1 aliphatic carbocycles. The molecule has 4 nitrogen and oxygen atoms in total. The van der Waals surface area contributed by atoms with Gasteiger partial charge in [0.2, 0.25) is 5.88 Å². The number of pyridine rings is 1. The predicted octanol–water partition coefficient (Wildman–Crippen LogP) is 3.73. The van der Waals surface area contributed by atoms with Gasteiger partial charge >= 0.3 is 0 Å². The fourth-order valence-corrected chi connectivity index (χ4v) is 2.62. The lowest BCUT2D eigenvalue weighted by Gasteiger charge is -2.52. The van der Waals surface area contributed by atoms with Gasteiger partial charge in [0.15, 0.2) is 0 Å². The van der Waals surface area contributed by atoms with Crippen molar-refractivity contribution in [2.75, 3.05) is 18.5 Å². The van der Waals surface area contributed by atoms with Crippen LogP contribution in [0.25, 0.3) is 0 Å². The normalized spacial score (nSPS) is 23.7.